The molecule has 1 aromatic carbocycles. The summed E-state index contributed by atoms with van der Waals surface area (Å²) in [5, 5.41) is 10.8. The molecule has 1 heterocycles. The molecule has 0 bridgehead atoms. The molecule has 0 saturated carbocycles. The van der Waals surface area contributed by atoms with Gasteiger partial charge in [-0.2, -0.15) is 5.10 Å². The molecule has 0 N–H and O–H groups in total. The second-order valence-corrected chi connectivity index (χ2v) is 5.06. The topological polar surface area (TPSA) is 52.1 Å². The van der Waals surface area contributed by atoms with Crippen molar-refractivity contribution < 1.29 is 9.53 Å². The van der Waals surface area contributed by atoms with E-state index in [1.165, 1.54) is 11.8 Å². The summed E-state index contributed by atoms with van der Waals surface area (Å²) in [6.07, 6.45) is 3.65. The highest BCUT2D eigenvalue weighted by Gasteiger charge is 2.08. The third kappa shape index (κ3) is 3.92. The van der Waals surface area contributed by atoms with Crippen LogP contribution in [-0.2, 0) is 9.53 Å². The van der Waals surface area contributed by atoms with Crippen LogP contribution >= 0.6 is 11.8 Å². The molecule has 0 amide bonds. The molecule has 4 nitrogen and oxygen atoms in total. The van der Waals surface area contributed by atoms with Crippen molar-refractivity contribution in [1.29, 1.82) is 0 Å². The summed E-state index contributed by atoms with van der Waals surface area (Å²) >= 11 is 1.37. The third-order valence-corrected chi connectivity index (χ3v) is 3.58. The zero-order valence-electron chi connectivity index (χ0n) is 10.8. The lowest BCUT2D eigenvalue weighted by Crippen LogP contribution is -2.08. The number of thioether (sulfide) groups is 1. The number of fused-ring (bicyclic) bond motifs is 1. The minimum Gasteiger partial charge on any atom is -0.465 e. The Morgan fingerprint density at radius 1 is 1.37 bits per heavy atom. The Morgan fingerprint density at radius 3 is 3.05 bits per heavy atom. The number of hydrogen-bond acceptors (Lipinski definition) is 5. The number of ether oxygens (including phenoxy) is 1. The van der Waals surface area contributed by atoms with Gasteiger partial charge in [-0.3, -0.25) is 4.79 Å². The monoisotopic (exact) mass is 276 g/mol. The maximum atomic E-state index is 11.5. The Balaban J connectivity index is 1.96. The van der Waals surface area contributed by atoms with Crippen LogP contribution in [0.4, 0.5) is 0 Å². The Bertz CT molecular complexity index is 555. The number of esters is 1. The van der Waals surface area contributed by atoms with Crippen LogP contribution in [0, 0.1) is 0 Å². The van der Waals surface area contributed by atoms with E-state index in [0.29, 0.717) is 6.61 Å². The van der Waals surface area contributed by atoms with Gasteiger partial charge in [0.15, 0.2) is 0 Å². The molecule has 1 aromatic heterocycles. The molecule has 5 heteroatoms. The summed E-state index contributed by atoms with van der Waals surface area (Å²) in [5.41, 5.74) is 0. The maximum absolute atomic E-state index is 11.5. The fourth-order valence-corrected chi connectivity index (χ4v) is 2.39. The van der Waals surface area contributed by atoms with Gasteiger partial charge in [-0.25, -0.2) is 0 Å². The van der Waals surface area contributed by atoms with Gasteiger partial charge in [-0.1, -0.05) is 49.4 Å². The van der Waals surface area contributed by atoms with Crippen molar-refractivity contribution in [3.63, 3.8) is 0 Å². The first-order valence-electron chi connectivity index (χ1n) is 6.30. The Morgan fingerprint density at radius 2 is 2.21 bits per heavy atom. The van der Waals surface area contributed by atoms with Crippen molar-refractivity contribution in [2.24, 2.45) is 0 Å². The first-order valence-corrected chi connectivity index (χ1v) is 7.28. The number of carbonyl (C=O) groups is 1. The van der Waals surface area contributed by atoms with E-state index in [4.69, 9.17) is 4.74 Å². The number of nitrogens with zero attached hydrogens (tertiary/aromatic N) is 2. The average Bonchev–Trinajstić information content (AvgIpc) is 2.45. The maximum Gasteiger partial charge on any atom is 0.316 e. The van der Waals surface area contributed by atoms with Gasteiger partial charge in [-0.05, 0) is 6.42 Å². The molecule has 0 aliphatic carbocycles. The number of rotatable bonds is 6. The number of carbonyl (C=O) groups excluding carboxylic acids is 1. The zero-order valence-corrected chi connectivity index (χ0v) is 11.7. The minimum atomic E-state index is -0.201. The van der Waals surface area contributed by atoms with Gasteiger partial charge in [0.1, 0.15) is 5.03 Å². The number of aromatic nitrogens is 2. The van der Waals surface area contributed by atoms with Gasteiger partial charge >= 0.3 is 5.97 Å². The molecule has 0 atom stereocenters. The van der Waals surface area contributed by atoms with Gasteiger partial charge in [0.05, 0.1) is 18.6 Å². The molecule has 0 radical (unpaired) electrons. The van der Waals surface area contributed by atoms with Crippen LogP contribution in [0.25, 0.3) is 10.8 Å². The highest BCUT2D eigenvalue weighted by Crippen LogP contribution is 2.24. The van der Waals surface area contributed by atoms with Crippen molar-refractivity contribution in [1.82, 2.24) is 10.2 Å². The van der Waals surface area contributed by atoms with E-state index in [-0.39, 0.29) is 11.7 Å². The van der Waals surface area contributed by atoms with Crippen LogP contribution in [0.5, 0.6) is 0 Å². The van der Waals surface area contributed by atoms with E-state index >= 15 is 0 Å². The molecule has 2 aromatic rings. The Kier molecular flexibility index (Phi) is 5.15. The van der Waals surface area contributed by atoms with E-state index in [2.05, 4.69) is 17.1 Å². The molecular formula is C14H16N2O2S. The van der Waals surface area contributed by atoms with Crippen LogP contribution in [0.2, 0.25) is 0 Å². The normalized spacial score (nSPS) is 10.6. The summed E-state index contributed by atoms with van der Waals surface area (Å²) in [6.45, 7) is 2.56. The van der Waals surface area contributed by atoms with Crippen LogP contribution in [0.15, 0.2) is 35.5 Å². The Hall–Kier alpha value is -1.62. The molecule has 19 heavy (non-hydrogen) atoms. The van der Waals surface area contributed by atoms with E-state index in [0.717, 1.165) is 28.6 Å². The summed E-state index contributed by atoms with van der Waals surface area (Å²) in [5.74, 6) is 0.0695. The second kappa shape index (κ2) is 7.09. The number of unbranched alkanes of at least 4 members (excludes halogenated alkanes) is 1. The minimum absolute atomic E-state index is 0.201. The van der Waals surface area contributed by atoms with E-state index in [1.54, 1.807) is 6.20 Å². The van der Waals surface area contributed by atoms with E-state index in [1.807, 2.05) is 24.3 Å². The van der Waals surface area contributed by atoms with E-state index < -0.39 is 0 Å². The molecule has 0 spiro atoms. The fraction of sp³-hybridized carbons (Fsp3) is 0.357. The molecular weight excluding hydrogens is 260 g/mol. The van der Waals surface area contributed by atoms with Crippen LogP contribution in [-0.4, -0.2) is 28.5 Å². The van der Waals surface area contributed by atoms with Gasteiger partial charge < -0.3 is 4.74 Å². The average molecular weight is 276 g/mol. The molecule has 100 valence electrons. The summed E-state index contributed by atoms with van der Waals surface area (Å²) < 4.78 is 5.11. The van der Waals surface area contributed by atoms with Crippen molar-refractivity contribution in [2.75, 3.05) is 12.4 Å². The quantitative estimate of drug-likeness (QED) is 0.461. The summed E-state index contributed by atoms with van der Waals surface area (Å²) in [6, 6.07) is 7.87. The van der Waals surface area contributed by atoms with Gasteiger partial charge in [0, 0.05) is 10.8 Å². The van der Waals surface area contributed by atoms with Crippen molar-refractivity contribution in [3.8, 4) is 0 Å². The Labute approximate surface area is 116 Å². The first kappa shape index (κ1) is 13.8. The van der Waals surface area contributed by atoms with Crippen molar-refractivity contribution in [2.45, 2.75) is 24.8 Å². The molecule has 2 rings (SSSR count). The lowest BCUT2D eigenvalue weighted by atomic mass is 10.2. The zero-order chi connectivity index (χ0) is 13.5. The third-order valence-electron chi connectivity index (χ3n) is 2.62. The number of benzene rings is 1. The van der Waals surface area contributed by atoms with Gasteiger partial charge in [0.25, 0.3) is 0 Å². The standard InChI is InChI=1S/C14H16N2O2S/c1-2-3-8-18-13(17)10-19-14-12-7-5-4-6-11(12)9-15-16-14/h4-7,9H,2-3,8,10H2,1H3. The highest BCUT2D eigenvalue weighted by atomic mass is 32.2. The molecule has 0 saturated heterocycles. The molecule has 0 unspecified atom stereocenters. The predicted octanol–water partition coefficient (Wildman–Crippen LogP) is 3.07. The van der Waals surface area contributed by atoms with Crippen molar-refractivity contribution in [3.05, 3.63) is 30.5 Å². The second-order valence-electron chi connectivity index (χ2n) is 4.10. The van der Waals surface area contributed by atoms with Gasteiger partial charge in [-0.15, -0.1) is 5.10 Å². The van der Waals surface area contributed by atoms with Gasteiger partial charge in [0.2, 0.25) is 0 Å². The predicted molar refractivity (Wildman–Crippen MR) is 76.1 cm³/mol. The van der Waals surface area contributed by atoms with Crippen molar-refractivity contribution >= 4 is 28.5 Å². The fourth-order valence-electron chi connectivity index (χ4n) is 1.61. The largest absolute Gasteiger partial charge is 0.465 e. The summed E-state index contributed by atoms with van der Waals surface area (Å²) in [4.78, 5) is 11.5. The molecule has 0 fully saturated rings. The summed E-state index contributed by atoms with van der Waals surface area (Å²) in [7, 11) is 0. The van der Waals surface area contributed by atoms with Crippen LogP contribution in [0.3, 0.4) is 0 Å². The van der Waals surface area contributed by atoms with Crippen LogP contribution < -0.4 is 0 Å². The lowest BCUT2D eigenvalue weighted by molar-refractivity contribution is -0.140. The molecule has 0 aliphatic rings. The molecule has 0 aliphatic heterocycles. The van der Waals surface area contributed by atoms with Crippen LogP contribution in [0.1, 0.15) is 19.8 Å². The number of hydrogen-bond donors (Lipinski definition) is 0. The highest BCUT2D eigenvalue weighted by molar-refractivity contribution is 8.00. The van der Waals surface area contributed by atoms with E-state index in [9.17, 15) is 4.79 Å². The smallest absolute Gasteiger partial charge is 0.316 e. The first-order chi connectivity index (χ1) is 9.31. The SMILES string of the molecule is CCCCOC(=O)CSc1nncc2ccccc12. The lowest BCUT2D eigenvalue weighted by Gasteiger charge is -2.05.